The van der Waals surface area contributed by atoms with E-state index in [9.17, 15) is 4.79 Å². The zero-order valence-electron chi connectivity index (χ0n) is 22.6. The molecule has 1 amide bonds. The van der Waals surface area contributed by atoms with Crippen LogP contribution in [0.3, 0.4) is 0 Å². The van der Waals surface area contributed by atoms with Gasteiger partial charge in [-0.2, -0.15) is 0 Å². The minimum Gasteiger partial charge on any atom is -0.446 e. The average molecular weight is 494 g/mol. The Bertz CT molecular complexity index is 741. The number of alkyl carbamates (subject to hydrolysis) is 1. The topological polar surface area (TPSA) is 56.8 Å². The van der Waals surface area contributed by atoms with Gasteiger partial charge in [-0.15, -0.1) is 0 Å². The molecule has 1 saturated carbocycles. The van der Waals surface area contributed by atoms with Crippen LogP contribution in [0.25, 0.3) is 0 Å². The second kappa shape index (κ2) is 10.6. The van der Waals surface area contributed by atoms with Crippen LogP contribution < -0.4 is 5.32 Å². The normalized spacial score (nSPS) is 20.2. The number of rotatable bonds is 8. The Morgan fingerprint density at radius 1 is 0.939 bits per heavy atom. The molecule has 0 aromatic heterocycles. The molecular weight excluding hydrogens is 446 g/mol. The minimum absolute atomic E-state index is 0.0979. The van der Waals surface area contributed by atoms with E-state index in [4.69, 9.17) is 13.6 Å². The first-order valence-corrected chi connectivity index (χ1v) is 18.2. The van der Waals surface area contributed by atoms with Gasteiger partial charge in [-0.05, 0) is 61.1 Å². The summed E-state index contributed by atoms with van der Waals surface area (Å²) in [5.41, 5.74) is 1.06. The molecule has 0 spiro atoms. The van der Waals surface area contributed by atoms with Crippen LogP contribution in [0.1, 0.15) is 66.4 Å². The number of amides is 1. The molecule has 1 aromatic rings. The fourth-order valence-electron chi connectivity index (χ4n) is 3.44. The smallest absolute Gasteiger partial charge is 0.407 e. The quantitative estimate of drug-likeness (QED) is 0.302. The molecule has 0 aliphatic heterocycles. The van der Waals surface area contributed by atoms with Crippen molar-refractivity contribution in [2.75, 3.05) is 0 Å². The maximum absolute atomic E-state index is 12.4. The van der Waals surface area contributed by atoms with Crippen LogP contribution in [0, 0.1) is 5.92 Å². The highest BCUT2D eigenvalue weighted by Gasteiger charge is 2.47. The van der Waals surface area contributed by atoms with E-state index in [1.807, 2.05) is 30.3 Å². The lowest BCUT2D eigenvalue weighted by atomic mass is 10.1. The van der Waals surface area contributed by atoms with E-state index in [1.54, 1.807) is 0 Å². The van der Waals surface area contributed by atoms with Crippen LogP contribution in [-0.4, -0.2) is 35.1 Å². The van der Waals surface area contributed by atoms with Gasteiger partial charge >= 0.3 is 6.09 Å². The standard InChI is InChI=1S/C26H47NO4Si2/c1-25(2,3)32(7,8)30-23(31-33(9,10)26(4,5)6)21-16-17-22(18-21)29-24(28)27-19-20-14-12-11-13-15-20/h11-15,21-23H,16-19H2,1-10H3,(H,27,28). The van der Waals surface area contributed by atoms with Crippen molar-refractivity contribution >= 4 is 22.7 Å². The Balaban J connectivity index is 2.04. The molecule has 1 N–H and O–H groups in total. The van der Waals surface area contributed by atoms with Crippen LogP contribution >= 0.6 is 0 Å². The summed E-state index contributed by atoms with van der Waals surface area (Å²) in [5.74, 6) is 0.236. The molecule has 0 radical (unpaired) electrons. The summed E-state index contributed by atoms with van der Waals surface area (Å²) in [6.07, 6.45) is 1.89. The van der Waals surface area contributed by atoms with E-state index in [-0.39, 0.29) is 34.5 Å². The Morgan fingerprint density at radius 2 is 1.45 bits per heavy atom. The highest BCUT2D eigenvalue weighted by atomic mass is 28.4. The van der Waals surface area contributed by atoms with Crippen molar-refractivity contribution < 1.29 is 18.4 Å². The summed E-state index contributed by atoms with van der Waals surface area (Å²) < 4.78 is 19.5. The Hall–Kier alpha value is -1.16. The van der Waals surface area contributed by atoms with E-state index < -0.39 is 16.6 Å². The summed E-state index contributed by atoms with van der Waals surface area (Å²) in [6, 6.07) is 9.89. The molecule has 1 fully saturated rings. The fourth-order valence-corrected chi connectivity index (χ4v) is 5.89. The van der Waals surface area contributed by atoms with E-state index in [0.717, 1.165) is 24.8 Å². The molecule has 0 heterocycles. The molecular formula is C26H47NO4Si2. The van der Waals surface area contributed by atoms with Gasteiger partial charge in [0.15, 0.2) is 16.6 Å². The Morgan fingerprint density at radius 3 is 1.94 bits per heavy atom. The second-order valence-electron chi connectivity index (χ2n) is 12.6. The molecule has 5 nitrogen and oxygen atoms in total. The van der Waals surface area contributed by atoms with Crippen molar-refractivity contribution in [3.63, 3.8) is 0 Å². The third-order valence-corrected chi connectivity index (χ3v) is 16.7. The Labute approximate surface area is 204 Å². The van der Waals surface area contributed by atoms with E-state index >= 15 is 0 Å². The van der Waals surface area contributed by atoms with Crippen molar-refractivity contribution in [1.29, 1.82) is 0 Å². The number of benzene rings is 1. The van der Waals surface area contributed by atoms with Gasteiger partial charge in [0.1, 0.15) is 12.4 Å². The first-order valence-electron chi connectivity index (χ1n) is 12.4. The minimum atomic E-state index is -2.02. The molecule has 7 heteroatoms. The highest BCUT2D eigenvalue weighted by Crippen LogP contribution is 2.44. The van der Waals surface area contributed by atoms with Gasteiger partial charge in [0, 0.05) is 12.5 Å². The maximum atomic E-state index is 12.4. The predicted molar refractivity (Wildman–Crippen MR) is 141 cm³/mol. The van der Waals surface area contributed by atoms with Gasteiger partial charge in [-0.1, -0.05) is 71.9 Å². The summed E-state index contributed by atoms with van der Waals surface area (Å²) in [7, 11) is -4.04. The molecule has 1 aromatic carbocycles. The lowest BCUT2D eigenvalue weighted by molar-refractivity contribution is -0.0619. The van der Waals surface area contributed by atoms with Crippen LogP contribution in [0.15, 0.2) is 30.3 Å². The van der Waals surface area contributed by atoms with E-state index in [2.05, 4.69) is 73.0 Å². The van der Waals surface area contributed by atoms with Crippen molar-refractivity contribution in [2.24, 2.45) is 5.92 Å². The molecule has 2 rings (SSSR count). The van der Waals surface area contributed by atoms with Gasteiger partial charge in [0.25, 0.3) is 0 Å². The number of nitrogens with one attached hydrogen (secondary N) is 1. The number of ether oxygens (including phenoxy) is 1. The average Bonchev–Trinajstić information content (AvgIpc) is 3.13. The van der Waals surface area contributed by atoms with Gasteiger partial charge in [0.05, 0.1) is 0 Å². The molecule has 2 unspecified atom stereocenters. The summed E-state index contributed by atoms with van der Waals surface area (Å²) >= 11 is 0. The SMILES string of the molecule is CC(C)(C)[Si](C)(C)OC(O[Si](C)(C)C(C)(C)C)C1CCC(OC(=O)NCc2ccccc2)C1. The third kappa shape index (κ3) is 7.94. The summed E-state index contributed by atoms with van der Waals surface area (Å²) in [6.45, 7) is 23.2. The number of hydrogen-bond acceptors (Lipinski definition) is 4. The van der Waals surface area contributed by atoms with Crippen molar-refractivity contribution in [2.45, 2.75) is 116 Å². The van der Waals surface area contributed by atoms with Gasteiger partial charge < -0.3 is 18.9 Å². The van der Waals surface area contributed by atoms with Crippen molar-refractivity contribution in [3.05, 3.63) is 35.9 Å². The highest BCUT2D eigenvalue weighted by molar-refractivity contribution is 6.75. The van der Waals surface area contributed by atoms with Gasteiger partial charge in [-0.3, -0.25) is 0 Å². The van der Waals surface area contributed by atoms with Crippen LogP contribution in [0.5, 0.6) is 0 Å². The third-order valence-electron chi connectivity index (χ3n) is 7.80. The van der Waals surface area contributed by atoms with Crippen LogP contribution in [-0.2, 0) is 20.1 Å². The van der Waals surface area contributed by atoms with Crippen molar-refractivity contribution in [1.82, 2.24) is 5.32 Å². The Kier molecular flexibility index (Phi) is 9.04. The fraction of sp³-hybridized carbons (Fsp3) is 0.731. The molecule has 0 saturated heterocycles. The molecule has 2 atom stereocenters. The maximum Gasteiger partial charge on any atom is 0.407 e. The molecule has 188 valence electrons. The molecule has 1 aliphatic rings. The van der Waals surface area contributed by atoms with Crippen molar-refractivity contribution in [3.8, 4) is 0 Å². The lowest BCUT2D eigenvalue weighted by Gasteiger charge is -2.45. The second-order valence-corrected chi connectivity index (χ2v) is 22.1. The zero-order valence-corrected chi connectivity index (χ0v) is 24.6. The van der Waals surface area contributed by atoms with E-state index in [0.29, 0.717) is 6.54 Å². The van der Waals surface area contributed by atoms with Crippen LogP contribution in [0.2, 0.25) is 36.3 Å². The zero-order chi connectivity index (χ0) is 25.1. The van der Waals surface area contributed by atoms with Gasteiger partial charge in [0.2, 0.25) is 0 Å². The largest absolute Gasteiger partial charge is 0.446 e. The number of carbonyl (C=O) groups is 1. The molecule has 33 heavy (non-hydrogen) atoms. The van der Waals surface area contributed by atoms with Gasteiger partial charge in [-0.25, -0.2) is 4.79 Å². The van der Waals surface area contributed by atoms with Crippen LogP contribution in [0.4, 0.5) is 4.79 Å². The predicted octanol–water partition coefficient (Wildman–Crippen LogP) is 7.45. The first kappa shape index (κ1) is 28.1. The lowest BCUT2D eigenvalue weighted by Crippen LogP contribution is -2.52. The number of hydrogen-bond donors (Lipinski definition) is 1. The molecule has 1 aliphatic carbocycles. The monoisotopic (exact) mass is 493 g/mol. The first-order chi connectivity index (χ1) is 15.0. The molecule has 0 bridgehead atoms. The van der Waals surface area contributed by atoms with E-state index in [1.165, 1.54) is 0 Å². The summed E-state index contributed by atoms with van der Waals surface area (Å²) in [5, 5.41) is 3.09. The summed E-state index contributed by atoms with van der Waals surface area (Å²) in [4.78, 5) is 12.4. The number of carbonyl (C=O) groups excluding carboxylic acids is 1.